The first-order valence-electron chi connectivity index (χ1n) is 8.52. The van der Waals surface area contributed by atoms with E-state index < -0.39 is 11.9 Å². The molecule has 140 valence electrons. The number of thiophene rings is 1. The summed E-state index contributed by atoms with van der Waals surface area (Å²) in [5, 5.41) is 16.2. The first-order valence-corrected chi connectivity index (χ1v) is 9.40. The lowest BCUT2D eigenvalue weighted by Gasteiger charge is -2.11. The van der Waals surface area contributed by atoms with Gasteiger partial charge in [0.05, 0.1) is 24.6 Å². The van der Waals surface area contributed by atoms with Gasteiger partial charge in [-0.25, -0.2) is 9.78 Å². The Morgan fingerprint density at radius 1 is 1.14 bits per heavy atom. The Labute approximate surface area is 164 Å². The number of ether oxygens (including phenoxy) is 1. The van der Waals surface area contributed by atoms with Crippen LogP contribution in [0, 0.1) is 0 Å². The number of carboxylic acid groups (broad SMARTS) is 1. The molecule has 0 saturated heterocycles. The molecule has 0 fully saturated rings. The third kappa shape index (κ3) is 3.39. The maximum absolute atomic E-state index is 11.9. The molecular weight excluding hydrogens is 376 g/mol. The predicted molar refractivity (Wildman–Crippen MR) is 110 cm³/mol. The minimum atomic E-state index is -0.878. The van der Waals surface area contributed by atoms with Crippen LogP contribution in [0.25, 0.3) is 21.0 Å². The van der Waals surface area contributed by atoms with Crippen molar-refractivity contribution in [3.05, 3.63) is 65.0 Å². The molecule has 0 unspecified atom stereocenters. The summed E-state index contributed by atoms with van der Waals surface area (Å²) in [6.45, 7) is 0. The van der Waals surface area contributed by atoms with Crippen LogP contribution in [0.5, 0.6) is 0 Å². The van der Waals surface area contributed by atoms with Crippen LogP contribution >= 0.6 is 11.3 Å². The zero-order valence-corrected chi connectivity index (χ0v) is 15.7. The van der Waals surface area contributed by atoms with Crippen LogP contribution in [0.1, 0.15) is 15.9 Å². The van der Waals surface area contributed by atoms with E-state index in [4.69, 9.17) is 14.8 Å². The Bertz CT molecular complexity index is 1220. The van der Waals surface area contributed by atoms with Gasteiger partial charge in [-0.05, 0) is 41.3 Å². The third-order valence-electron chi connectivity index (χ3n) is 4.36. The second kappa shape index (κ2) is 7.28. The number of rotatable bonds is 5. The van der Waals surface area contributed by atoms with Gasteiger partial charge >= 0.3 is 11.9 Å². The number of nitrogens with one attached hydrogen (secondary N) is 1. The van der Waals surface area contributed by atoms with Gasteiger partial charge in [-0.2, -0.15) is 0 Å². The monoisotopic (exact) mass is 392 g/mol. The lowest BCUT2D eigenvalue weighted by molar-refractivity contribution is -0.136. The highest BCUT2D eigenvalue weighted by molar-refractivity contribution is 7.18. The van der Waals surface area contributed by atoms with Gasteiger partial charge in [-0.15, -0.1) is 11.3 Å². The second-order valence-electron chi connectivity index (χ2n) is 6.24. The fraction of sp³-hybridized carbons (Fsp3) is 0.0952. The number of pyridine rings is 1. The van der Waals surface area contributed by atoms with Crippen molar-refractivity contribution in [3.8, 4) is 0 Å². The molecule has 0 amide bonds. The Morgan fingerprint density at radius 3 is 2.79 bits per heavy atom. The summed E-state index contributed by atoms with van der Waals surface area (Å²) in [6, 6.07) is 14.6. The zero-order valence-electron chi connectivity index (χ0n) is 14.9. The Kier molecular flexibility index (Phi) is 4.67. The number of aliphatic carboxylic acids is 1. The summed E-state index contributed by atoms with van der Waals surface area (Å²) in [5.41, 5.74) is 2.57. The number of benzene rings is 2. The number of carboxylic acids is 1. The summed E-state index contributed by atoms with van der Waals surface area (Å²) in [6.07, 6.45) is -0.0446. The molecule has 0 aliphatic heterocycles. The summed E-state index contributed by atoms with van der Waals surface area (Å²) >= 11 is 1.60. The van der Waals surface area contributed by atoms with Gasteiger partial charge < -0.3 is 15.2 Å². The van der Waals surface area contributed by atoms with Crippen molar-refractivity contribution < 1.29 is 19.4 Å². The van der Waals surface area contributed by atoms with Crippen molar-refractivity contribution >= 4 is 55.8 Å². The molecule has 2 aromatic heterocycles. The van der Waals surface area contributed by atoms with E-state index in [1.807, 2.05) is 29.6 Å². The second-order valence-corrected chi connectivity index (χ2v) is 7.16. The molecule has 0 radical (unpaired) electrons. The van der Waals surface area contributed by atoms with E-state index in [1.165, 1.54) is 7.11 Å². The maximum atomic E-state index is 11.9. The molecule has 0 saturated carbocycles. The molecule has 28 heavy (non-hydrogen) atoms. The van der Waals surface area contributed by atoms with Crippen molar-refractivity contribution in [3.63, 3.8) is 0 Å². The molecule has 0 aliphatic carbocycles. The molecule has 0 atom stereocenters. The minimum absolute atomic E-state index is 0.0446. The van der Waals surface area contributed by atoms with Crippen molar-refractivity contribution in [2.45, 2.75) is 6.42 Å². The number of aromatic nitrogens is 1. The van der Waals surface area contributed by atoms with E-state index >= 15 is 0 Å². The van der Waals surface area contributed by atoms with Crippen LogP contribution in [0.15, 0.2) is 53.9 Å². The predicted octanol–water partition coefficient (Wildman–Crippen LogP) is 4.61. The van der Waals surface area contributed by atoms with Crippen molar-refractivity contribution in [1.29, 1.82) is 0 Å². The molecular formula is C21H16N2O4S. The Morgan fingerprint density at radius 2 is 2.00 bits per heavy atom. The van der Waals surface area contributed by atoms with Crippen LogP contribution in [-0.4, -0.2) is 29.1 Å². The molecule has 4 rings (SSSR count). The number of esters is 1. The van der Waals surface area contributed by atoms with Gasteiger partial charge in [-0.1, -0.05) is 18.2 Å². The smallest absolute Gasteiger partial charge is 0.337 e. The molecule has 7 heteroatoms. The highest BCUT2D eigenvalue weighted by atomic mass is 32.1. The summed E-state index contributed by atoms with van der Waals surface area (Å²) in [4.78, 5) is 27.5. The van der Waals surface area contributed by atoms with Gasteiger partial charge in [-0.3, -0.25) is 4.79 Å². The fourth-order valence-electron chi connectivity index (χ4n) is 3.11. The van der Waals surface area contributed by atoms with Crippen molar-refractivity contribution in [1.82, 2.24) is 4.98 Å². The van der Waals surface area contributed by atoms with Crippen LogP contribution in [0.2, 0.25) is 0 Å². The SMILES string of the molecule is COC(=O)c1ccc2c(c1)nc(Nc1cccc(CC(=O)O)c1)c1ccsc12. The number of carbonyl (C=O) groups excluding carboxylic acids is 1. The van der Waals surface area contributed by atoms with Crippen LogP contribution in [0.4, 0.5) is 11.5 Å². The van der Waals surface area contributed by atoms with E-state index in [0.717, 1.165) is 21.2 Å². The van der Waals surface area contributed by atoms with Crippen LogP contribution in [0.3, 0.4) is 0 Å². The average molecular weight is 392 g/mol. The molecule has 2 heterocycles. The molecule has 2 N–H and O–H groups in total. The zero-order chi connectivity index (χ0) is 19.7. The van der Waals surface area contributed by atoms with Crippen LogP contribution in [-0.2, 0) is 16.0 Å². The lowest BCUT2D eigenvalue weighted by Crippen LogP contribution is -2.02. The number of methoxy groups -OCH3 is 1. The quantitative estimate of drug-likeness (QED) is 0.482. The van der Waals surface area contributed by atoms with E-state index in [1.54, 1.807) is 35.6 Å². The standard InChI is InChI=1S/C21H16N2O4S/c1-27-21(26)13-5-6-15-17(11-13)23-20(16-7-8-28-19(15)16)22-14-4-2-3-12(9-14)10-18(24)25/h2-9,11H,10H2,1H3,(H,22,23)(H,24,25). The van der Waals surface area contributed by atoms with E-state index in [2.05, 4.69) is 5.32 Å². The first-order chi connectivity index (χ1) is 13.5. The van der Waals surface area contributed by atoms with Gasteiger partial charge in [0.25, 0.3) is 0 Å². The normalized spacial score (nSPS) is 10.9. The lowest BCUT2D eigenvalue weighted by atomic mass is 10.1. The fourth-order valence-corrected chi connectivity index (χ4v) is 4.04. The van der Waals surface area contributed by atoms with E-state index in [9.17, 15) is 9.59 Å². The summed E-state index contributed by atoms with van der Waals surface area (Å²) < 4.78 is 5.86. The average Bonchev–Trinajstić information content (AvgIpc) is 3.17. The number of nitrogens with zero attached hydrogens (tertiary/aromatic N) is 1. The minimum Gasteiger partial charge on any atom is -0.481 e. The van der Waals surface area contributed by atoms with Crippen molar-refractivity contribution in [2.24, 2.45) is 0 Å². The highest BCUT2D eigenvalue weighted by Gasteiger charge is 2.13. The molecule has 0 spiro atoms. The number of carbonyl (C=O) groups is 2. The molecule has 0 aliphatic rings. The number of fused-ring (bicyclic) bond motifs is 3. The largest absolute Gasteiger partial charge is 0.481 e. The molecule has 0 bridgehead atoms. The number of hydrogen-bond acceptors (Lipinski definition) is 6. The summed E-state index contributed by atoms with van der Waals surface area (Å²) in [7, 11) is 1.35. The van der Waals surface area contributed by atoms with Crippen LogP contribution < -0.4 is 5.32 Å². The molecule has 2 aromatic carbocycles. The highest BCUT2D eigenvalue weighted by Crippen LogP contribution is 2.35. The van der Waals surface area contributed by atoms with Crippen molar-refractivity contribution in [2.75, 3.05) is 12.4 Å². The first kappa shape index (κ1) is 17.9. The maximum Gasteiger partial charge on any atom is 0.337 e. The van der Waals surface area contributed by atoms with Gasteiger partial charge in [0.2, 0.25) is 0 Å². The molecule has 6 nitrogen and oxygen atoms in total. The van der Waals surface area contributed by atoms with E-state index in [0.29, 0.717) is 22.5 Å². The Hall–Kier alpha value is -3.45. The Balaban J connectivity index is 1.80. The topological polar surface area (TPSA) is 88.5 Å². The number of hydrogen-bond donors (Lipinski definition) is 2. The molecule has 4 aromatic rings. The van der Waals surface area contributed by atoms with E-state index in [-0.39, 0.29) is 6.42 Å². The third-order valence-corrected chi connectivity index (χ3v) is 5.31. The van der Waals surface area contributed by atoms with Gasteiger partial charge in [0.15, 0.2) is 0 Å². The van der Waals surface area contributed by atoms with Gasteiger partial charge in [0.1, 0.15) is 5.82 Å². The van der Waals surface area contributed by atoms with Gasteiger partial charge in [0, 0.05) is 21.2 Å². The number of anilines is 2. The summed E-state index contributed by atoms with van der Waals surface area (Å²) in [5.74, 6) is -0.638.